The normalized spacial score (nSPS) is 15.4. The summed E-state index contributed by atoms with van der Waals surface area (Å²) in [6.07, 6.45) is 0. The summed E-state index contributed by atoms with van der Waals surface area (Å²) < 4.78 is 15.5. The van der Waals surface area contributed by atoms with Crippen LogP contribution in [0.1, 0.15) is 10.4 Å². The van der Waals surface area contributed by atoms with Gasteiger partial charge in [-0.2, -0.15) is 0 Å². The second-order valence-electron chi connectivity index (χ2n) is 4.84. The molecule has 7 nitrogen and oxygen atoms in total. The quantitative estimate of drug-likeness (QED) is 0.590. The monoisotopic (exact) mass is 310 g/mol. The van der Waals surface area contributed by atoms with Crippen LogP contribution in [0.3, 0.4) is 0 Å². The summed E-state index contributed by atoms with van der Waals surface area (Å²) in [7, 11) is 3.07. The number of benzene rings is 1. The van der Waals surface area contributed by atoms with Crippen molar-refractivity contribution in [2.24, 2.45) is 0 Å². The number of hydroxylamine groups is 1. The zero-order valence-corrected chi connectivity index (χ0v) is 13.0. The van der Waals surface area contributed by atoms with E-state index in [1.807, 2.05) is 0 Å². The fourth-order valence-electron chi connectivity index (χ4n) is 2.11. The molecule has 1 fully saturated rings. The molecule has 0 atom stereocenters. The number of amides is 1. The average molecular weight is 310 g/mol. The molecule has 1 amide bonds. The second kappa shape index (κ2) is 8.57. The molecule has 1 aliphatic rings. The maximum absolute atomic E-state index is 12.1. The Morgan fingerprint density at radius 2 is 1.82 bits per heavy atom. The zero-order valence-electron chi connectivity index (χ0n) is 13.0. The van der Waals surface area contributed by atoms with Gasteiger partial charge in [0.25, 0.3) is 5.91 Å². The van der Waals surface area contributed by atoms with Crippen LogP contribution in [0.4, 0.5) is 0 Å². The van der Waals surface area contributed by atoms with Crippen molar-refractivity contribution in [1.82, 2.24) is 10.4 Å². The van der Waals surface area contributed by atoms with Gasteiger partial charge in [0, 0.05) is 31.3 Å². The highest BCUT2D eigenvalue weighted by atomic mass is 16.7. The molecular weight excluding hydrogens is 288 g/mol. The molecule has 0 aromatic heterocycles. The van der Waals surface area contributed by atoms with Crippen LogP contribution in [-0.4, -0.2) is 64.5 Å². The Kier molecular flexibility index (Phi) is 6.45. The van der Waals surface area contributed by atoms with E-state index >= 15 is 0 Å². The molecule has 1 aromatic rings. The average Bonchev–Trinajstić information content (AvgIpc) is 2.58. The number of methoxy groups -OCH3 is 2. The van der Waals surface area contributed by atoms with Crippen molar-refractivity contribution in [1.29, 1.82) is 0 Å². The standard InChI is InChI=1S/C15H22N2O5/c1-19-13-9-12(10-14(11-13)20-2)15(18)16-22-8-5-17-3-6-21-7-4-17/h9-11H,3-8H2,1-2H3,(H,16,18). The van der Waals surface area contributed by atoms with Gasteiger partial charge in [-0.05, 0) is 12.1 Å². The number of carbonyl (C=O) groups excluding carboxylic acids is 1. The summed E-state index contributed by atoms with van der Waals surface area (Å²) in [5.74, 6) is 0.773. The molecule has 22 heavy (non-hydrogen) atoms. The van der Waals surface area contributed by atoms with Gasteiger partial charge < -0.3 is 14.2 Å². The van der Waals surface area contributed by atoms with Gasteiger partial charge in [0.1, 0.15) is 11.5 Å². The van der Waals surface area contributed by atoms with E-state index < -0.39 is 0 Å². The van der Waals surface area contributed by atoms with E-state index in [2.05, 4.69) is 10.4 Å². The maximum atomic E-state index is 12.1. The van der Waals surface area contributed by atoms with Crippen LogP contribution < -0.4 is 15.0 Å². The Hall–Kier alpha value is -1.83. The Bertz CT molecular complexity index is 467. The molecule has 0 radical (unpaired) electrons. The third-order valence-electron chi connectivity index (χ3n) is 3.39. The molecule has 0 aliphatic carbocycles. The molecule has 0 unspecified atom stereocenters. The van der Waals surface area contributed by atoms with Crippen LogP contribution in [0.5, 0.6) is 11.5 Å². The number of nitrogens with zero attached hydrogens (tertiary/aromatic N) is 1. The molecule has 1 N–H and O–H groups in total. The first-order valence-electron chi connectivity index (χ1n) is 7.18. The van der Waals surface area contributed by atoms with Crippen LogP contribution in [-0.2, 0) is 9.57 Å². The summed E-state index contributed by atoms with van der Waals surface area (Å²) >= 11 is 0. The SMILES string of the molecule is COc1cc(OC)cc(C(=O)NOCCN2CCOCC2)c1. The number of hydrogen-bond acceptors (Lipinski definition) is 6. The largest absolute Gasteiger partial charge is 0.497 e. The second-order valence-corrected chi connectivity index (χ2v) is 4.84. The summed E-state index contributed by atoms with van der Waals surface area (Å²) in [4.78, 5) is 19.5. The van der Waals surface area contributed by atoms with E-state index in [1.54, 1.807) is 18.2 Å². The topological polar surface area (TPSA) is 69.3 Å². The Balaban J connectivity index is 1.79. The zero-order chi connectivity index (χ0) is 15.8. The highest BCUT2D eigenvalue weighted by Gasteiger charge is 2.12. The highest BCUT2D eigenvalue weighted by Crippen LogP contribution is 2.22. The number of hydrogen-bond donors (Lipinski definition) is 1. The third kappa shape index (κ3) is 4.87. The molecule has 0 spiro atoms. The van der Waals surface area contributed by atoms with Crippen molar-refractivity contribution < 1.29 is 23.8 Å². The van der Waals surface area contributed by atoms with E-state index in [0.29, 0.717) is 23.7 Å². The lowest BCUT2D eigenvalue weighted by molar-refractivity contribution is -0.00178. The van der Waals surface area contributed by atoms with Crippen LogP contribution in [0.2, 0.25) is 0 Å². The minimum absolute atomic E-state index is 0.334. The lowest BCUT2D eigenvalue weighted by atomic mass is 10.2. The van der Waals surface area contributed by atoms with Gasteiger partial charge in [-0.1, -0.05) is 0 Å². The fourth-order valence-corrected chi connectivity index (χ4v) is 2.11. The number of rotatable bonds is 7. The molecule has 1 heterocycles. The van der Waals surface area contributed by atoms with Crippen molar-refractivity contribution in [3.63, 3.8) is 0 Å². The van der Waals surface area contributed by atoms with Crippen LogP contribution in [0.15, 0.2) is 18.2 Å². The lowest BCUT2D eigenvalue weighted by Gasteiger charge is -2.26. The van der Waals surface area contributed by atoms with Crippen molar-refractivity contribution >= 4 is 5.91 Å². The van der Waals surface area contributed by atoms with Crippen molar-refractivity contribution in [3.8, 4) is 11.5 Å². The number of carbonyl (C=O) groups is 1. The molecular formula is C15H22N2O5. The minimum Gasteiger partial charge on any atom is -0.497 e. The maximum Gasteiger partial charge on any atom is 0.275 e. The highest BCUT2D eigenvalue weighted by molar-refractivity contribution is 5.94. The molecule has 1 aliphatic heterocycles. The van der Waals surface area contributed by atoms with Gasteiger partial charge in [0.05, 0.1) is 34.0 Å². The van der Waals surface area contributed by atoms with Gasteiger partial charge in [-0.25, -0.2) is 5.48 Å². The van der Waals surface area contributed by atoms with E-state index in [1.165, 1.54) is 14.2 Å². The van der Waals surface area contributed by atoms with Crippen LogP contribution in [0, 0.1) is 0 Å². The summed E-state index contributed by atoms with van der Waals surface area (Å²) in [6.45, 7) is 4.46. The van der Waals surface area contributed by atoms with Gasteiger partial charge >= 0.3 is 0 Å². The molecule has 1 saturated heterocycles. The lowest BCUT2D eigenvalue weighted by Crippen LogP contribution is -2.39. The number of morpholine rings is 1. The van der Waals surface area contributed by atoms with E-state index in [9.17, 15) is 4.79 Å². The number of nitrogens with one attached hydrogen (secondary N) is 1. The Labute approximate surface area is 130 Å². The Morgan fingerprint density at radius 3 is 2.41 bits per heavy atom. The van der Waals surface area contributed by atoms with E-state index in [-0.39, 0.29) is 5.91 Å². The van der Waals surface area contributed by atoms with Crippen molar-refractivity contribution in [2.75, 3.05) is 53.7 Å². The van der Waals surface area contributed by atoms with Crippen LogP contribution >= 0.6 is 0 Å². The smallest absolute Gasteiger partial charge is 0.275 e. The first kappa shape index (κ1) is 16.5. The van der Waals surface area contributed by atoms with Gasteiger partial charge in [-0.3, -0.25) is 14.5 Å². The van der Waals surface area contributed by atoms with E-state index in [4.69, 9.17) is 19.0 Å². The summed E-state index contributed by atoms with van der Waals surface area (Å²) in [6, 6.07) is 4.96. The summed E-state index contributed by atoms with van der Waals surface area (Å²) in [5.41, 5.74) is 2.85. The first-order valence-corrected chi connectivity index (χ1v) is 7.18. The molecule has 122 valence electrons. The molecule has 2 rings (SSSR count). The molecule has 0 saturated carbocycles. The van der Waals surface area contributed by atoms with E-state index in [0.717, 1.165) is 32.8 Å². The molecule has 7 heteroatoms. The fraction of sp³-hybridized carbons (Fsp3) is 0.533. The predicted molar refractivity (Wildman–Crippen MR) is 80.2 cm³/mol. The Morgan fingerprint density at radius 1 is 1.18 bits per heavy atom. The van der Waals surface area contributed by atoms with Gasteiger partial charge in [0.15, 0.2) is 0 Å². The van der Waals surface area contributed by atoms with Crippen LogP contribution in [0.25, 0.3) is 0 Å². The minimum atomic E-state index is -0.334. The molecule has 0 bridgehead atoms. The molecule has 1 aromatic carbocycles. The summed E-state index contributed by atoms with van der Waals surface area (Å²) in [5, 5.41) is 0. The number of ether oxygens (including phenoxy) is 3. The third-order valence-corrected chi connectivity index (χ3v) is 3.39. The first-order chi connectivity index (χ1) is 10.7. The van der Waals surface area contributed by atoms with Crippen molar-refractivity contribution in [2.45, 2.75) is 0 Å². The van der Waals surface area contributed by atoms with Crippen molar-refractivity contribution in [3.05, 3.63) is 23.8 Å². The van der Waals surface area contributed by atoms with Gasteiger partial charge in [-0.15, -0.1) is 0 Å². The predicted octanol–water partition coefficient (Wildman–Crippen LogP) is 0.697. The van der Waals surface area contributed by atoms with Gasteiger partial charge in [0.2, 0.25) is 0 Å².